The van der Waals surface area contributed by atoms with Gasteiger partial charge in [0.05, 0.1) is 17.6 Å². The number of aromatic nitrogens is 2. The highest BCUT2D eigenvalue weighted by molar-refractivity contribution is 5.84. The van der Waals surface area contributed by atoms with Gasteiger partial charge in [-0.05, 0) is 47.5 Å². The lowest BCUT2D eigenvalue weighted by molar-refractivity contribution is 0.301. The van der Waals surface area contributed by atoms with Crippen molar-refractivity contribution in [2.75, 3.05) is 6.61 Å². The molecule has 0 unspecified atom stereocenters. The van der Waals surface area contributed by atoms with Crippen molar-refractivity contribution in [2.24, 2.45) is 0 Å². The molecule has 1 aromatic heterocycles. The molecule has 0 spiro atoms. The van der Waals surface area contributed by atoms with E-state index in [2.05, 4.69) is 90.4 Å². The number of aryl methyl sites for hydroxylation is 1. The number of hydrogen-bond donors (Lipinski definition) is 0. The van der Waals surface area contributed by atoms with Crippen LogP contribution in [0.3, 0.4) is 0 Å². The quantitative estimate of drug-likeness (QED) is 0.362. The first kappa shape index (κ1) is 17.5. The van der Waals surface area contributed by atoms with E-state index in [1.54, 1.807) is 0 Å². The van der Waals surface area contributed by atoms with Crippen LogP contribution in [0.25, 0.3) is 33.2 Å². The number of hydrogen-bond acceptors (Lipinski definition) is 2. The van der Waals surface area contributed by atoms with Gasteiger partial charge in [0, 0.05) is 5.56 Å². The van der Waals surface area contributed by atoms with Gasteiger partial charge in [-0.2, -0.15) is 0 Å². The van der Waals surface area contributed by atoms with Crippen LogP contribution in [0.2, 0.25) is 0 Å². The molecule has 0 bridgehead atoms. The van der Waals surface area contributed by atoms with Crippen LogP contribution in [0.1, 0.15) is 5.56 Å². The van der Waals surface area contributed by atoms with Gasteiger partial charge in [0.25, 0.3) is 0 Å². The molecule has 0 saturated carbocycles. The zero-order valence-electron chi connectivity index (χ0n) is 16.4. The number of imidazole rings is 1. The lowest BCUT2D eigenvalue weighted by Gasteiger charge is -2.12. The molecular weight excluding hydrogens is 356 g/mol. The minimum Gasteiger partial charge on any atom is -0.492 e. The second kappa shape index (κ2) is 7.44. The molecule has 5 aromatic rings. The van der Waals surface area contributed by atoms with Crippen LogP contribution < -0.4 is 4.74 Å². The molecule has 0 amide bonds. The van der Waals surface area contributed by atoms with Crippen molar-refractivity contribution in [3.05, 3.63) is 96.6 Å². The number of benzene rings is 4. The van der Waals surface area contributed by atoms with Gasteiger partial charge in [0.1, 0.15) is 18.2 Å². The van der Waals surface area contributed by atoms with E-state index in [4.69, 9.17) is 9.72 Å². The highest BCUT2D eigenvalue weighted by Crippen LogP contribution is 2.27. The van der Waals surface area contributed by atoms with E-state index < -0.39 is 0 Å². The van der Waals surface area contributed by atoms with Crippen LogP contribution in [-0.4, -0.2) is 16.2 Å². The average Bonchev–Trinajstić information content (AvgIpc) is 3.12. The summed E-state index contributed by atoms with van der Waals surface area (Å²) in [5, 5.41) is 2.42. The Labute approximate surface area is 170 Å². The molecule has 0 aliphatic heterocycles. The maximum atomic E-state index is 6.11. The first-order chi connectivity index (χ1) is 14.3. The van der Waals surface area contributed by atoms with E-state index in [1.165, 1.54) is 16.3 Å². The van der Waals surface area contributed by atoms with Crippen molar-refractivity contribution >= 4 is 21.8 Å². The Balaban J connectivity index is 1.45. The maximum absolute atomic E-state index is 6.11. The number of fused-ring (bicyclic) bond motifs is 2. The molecule has 0 fully saturated rings. The van der Waals surface area contributed by atoms with Crippen LogP contribution in [-0.2, 0) is 6.54 Å². The predicted octanol–water partition coefficient (Wildman–Crippen LogP) is 6.24. The summed E-state index contributed by atoms with van der Waals surface area (Å²) in [4.78, 5) is 4.92. The minimum absolute atomic E-state index is 0.581. The van der Waals surface area contributed by atoms with Gasteiger partial charge < -0.3 is 9.30 Å². The van der Waals surface area contributed by atoms with Crippen molar-refractivity contribution < 1.29 is 4.74 Å². The van der Waals surface area contributed by atoms with E-state index in [-0.39, 0.29) is 0 Å². The standard InChI is InChI=1S/C26H22N2O/c1-19-8-2-5-11-23(19)26-27-24-12-6-7-13-25(24)28(26)16-17-29-22-15-14-20-9-3-4-10-21(20)18-22/h2-15,18H,16-17H2,1H3. The molecule has 0 aliphatic rings. The Morgan fingerprint density at radius 3 is 2.45 bits per heavy atom. The predicted molar refractivity (Wildman–Crippen MR) is 119 cm³/mol. The normalized spacial score (nSPS) is 11.2. The van der Waals surface area contributed by atoms with Gasteiger partial charge in [-0.3, -0.25) is 0 Å². The summed E-state index contributed by atoms with van der Waals surface area (Å²) in [6.45, 7) is 3.44. The summed E-state index contributed by atoms with van der Waals surface area (Å²) < 4.78 is 8.37. The number of nitrogens with zero attached hydrogens (tertiary/aromatic N) is 2. The number of para-hydroxylation sites is 2. The van der Waals surface area contributed by atoms with Crippen molar-refractivity contribution in [3.8, 4) is 17.1 Å². The van der Waals surface area contributed by atoms with Gasteiger partial charge in [0.15, 0.2) is 0 Å². The number of rotatable bonds is 5. The van der Waals surface area contributed by atoms with E-state index in [0.717, 1.165) is 34.7 Å². The van der Waals surface area contributed by atoms with Gasteiger partial charge in [-0.25, -0.2) is 4.98 Å². The second-order valence-electron chi connectivity index (χ2n) is 7.25. The summed E-state index contributed by atoms with van der Waals surface area (Å²) in [6, 6.07) is 31.3. The van der Waals surface area contributed by atoms with E-state index in [9.17, 15) is 0 Å². The Morgan fingerprint density at radius 1 is 0.793 bits per heavy atom. The van der Waals surface area contributed by atoms with Crippen molar-refractivity contribution in [3.63, 3.8) is 0 Å². The zero-order chi connectivity index (χ0) is 19.6. The largest absolute Gasteiger partial charge is 0.492 e. The highest BCUT2D eigenvalue weighted by Gasteiger charge is 2.14. The Hall–Kier alpha value is -3.59. The van der Waals surface area contributed by atoms with Gasteiger partial charge >= 0.3 is 0 Å². The molecule has 0 radical (unpaired) electrons. The first-order valence-electron chi connectivity index (χ1n) is 9.92. The Morgan fingerprint density at radius 2 is 1.55 bits per heavy atom. The van der Waals surface area contributed by atoms with Gasteiger partial charge in [0.2, 0.25) is 0 Å². The molecule has 3 nitrogen and oxygen atoms in total. The fourth-order valence-corrected chi connectivity index (χ4v) is 3.84. The molecule has 3 heteroatoms. The monoisotopic (exact) mass is 378 g/mol. The fraction of sp³-hybridized carbons (Fsp3) is 0.115. The smallest absolute Gasteiger partial charge is 0.141 e. The molecule has 0 aliphatic carbocycles. The van der Waals surface area contributed by atoms with Gasteiger partial charge in [-0.15, -0.1) is 0 Å². The highest BCUT2D eigenvalue weighted by atomic mass is 16.5. The Kier molecular flexibility index (Phi) is 4.49. The van der Waals surface area contributed by atoms with Crippen molar-refractivity contribution in [1.29, 1.82) is 0 Å². The van der Waals surface area contributed by atoms with Crippen molar-refractivity contribution in [2.45, 2.75) is 13.5 Å². The molecule has 5 rings (SSSR count). The Bertz CT molecular complexity index is 1300. The van der Waals surface area contributed by atoms with Crippen LogP contribution in [0.4, 0.5) is 0 Å². The molecule has 1 heterocycles. The zero-order valence-corrected chi connectivity index (χ0v) is 16.4. The van der Waals surface area contributed by atoms with E-state index in [1.807, 2.05) is 12.1 Å². The van der Waals surface area contributed by atoms with E-state index >= 15 is 0 Å². The summed E-state index contributed by atoms with van der Waals surface area (Å²) >= 11 is 0. The lowest BCUT2D eigenvalue weighted by atomic mass is 10.1. The van der Waals surface area contributed by atoms with Crippen LogP contribution >= 0.6 is 0 Å². The molecule has 142 valence electrons. The summed E-state index contributed by atoms with van der Waals surface area (Å²) in [7, 11) is 0. The third kappa shape index (κ3) is 3.36. The first-order valence-corrected chi connectivity index (χ1v) is 9.92. The number of ether oxygens (including phenoxy) is 1. The summed E-state index contributed by atoms with van der Waals surface area (Å²) in [6.07, 6.45) is 0. The van der Waals surface area contributed by atoms with Gasteiger partial charge in [-0.1, -0.05) is 66.7 Å². The molecule has 4 aromatic carbocycles. The summed E-state index contributed by atoms with van der Waals surface area (Å²) in [5.41, 5.74) is 4.53. The van der Waals surface area contributed by atoms with Crippen LogP contribution in [0.5, 0.6) is 5.75 Å². The molecule has 0 N–H and O–H groups in total. The van der Waals surface area contributed by atoms with Crippen LogP contribution in [0.15, 0.2) is 91.0 Å². The summed E-state index contributed by atoms with van der Waals surface area (Å²) in [5.74, 6) is 1.89. The SMILES string of the molecule is Cc1ccccc1-c1nc2ccccc2n1CCOc1ccc2ccccc2c1. The second-order valence-corrected chi connectivity index (χ2v) is 7.25. The maximum Gasteiger partial charge on any atom is 0.141 e. The lowest BCUT2D eigenvalue weighted by Crippen LogP contribution is -2.09. The third-order valence-electron chi connectivity index (χ3n) is 5.35. The minimum atomic E-state index is 0.581. The average molecular weight is 378 g/mol. The van der Waals surface area contributed by atoms with Crippen LogP contribution in [0, 0.1) is 6.92 Å². The third-order valence-corrected chi connectivity index (χ3v) is 5.35. The molecular formula is C26H22N2O. The fourth-order valence-electron chi connectivity index (χ4n) is 3.84. The molecule has 0 atom stereocenters. The molecule has 0 saturated heterocycles. The van der Waals surface area contributed by atoms with E-state index in [0.29, 0.717) is 6.61 Å². The van der Waals surface area contributed by atoms with Crippen molar-refractivity contribution in [1.82, 2.24) is 9.55 Å². The molecule has 29 heavy (non-hydrogen) atoms. The topological polar surface area (TPSA) is 27.1 Å².